The number of nitriles is 1. The molecule has 4 rings (SSSR count). The second-order valence-corrected chi connectivity index (χ2v) is 10.8. The lowest BCUT2D eigenvalue weighted by atomic mass is 9.76. The summed E-state index contributed by atoms with van der Waals surface area (Å²) in [6.07, 6.45) is 4.98. The maximum Gasteiger partial charge on any atom is 0.251 e. The van der Waals surface area contributed by atoms with Gasteiger partial charge in [0.25, 0.3) is 5.91 Å². The highest BCUT2D eigenvalue weighted by Crippen LogP contribution is 2.45. The molecule has 1 saturated carbocycles. The van der Waals surface area contributed by atoms with Crippen molar-refractivity contribution >= 4 is 12.3 Å². The summed E-state index contributed by atoms with van der Waals surface area (Å²) in [5.41, 5.74) is 2.60. The SMILES string of the molecule is CC(C)(C)OC(NC=O)C1(c2ccc(C(=O)NCCC3COc4ccc(C#N)cc43)cc2)CCCC1. The second kappa shape index (κ2) is 10.7. The van der Waals surface area contributed by atoms with E-state index in [-0.39, 0.29) is 17.2 Å². The summed E-state index contributed by atoms with van der Waals surface area (Å²) in [6.45, 7) is 7.03. The van der Waals surface area contributed by atoms with E-state index in [1.165, 1.54) is 0 Å². The summed E-state index contributed by atoms with van der Waals surface area (Å²) in [5, 5.41) is 15.1. The first-order valence-electron chi connectivity index (χ1n) is 12.7. The zero-order chi connectivity index (χ0) is 25.8. The summed E-state index contributed by atoms with van der Waals surface area (Å²) in [6, 6.07) is 15.3. The summed E-state index contributed by atoms with van der Waals surface area (Å²) >= 11 is 0. The third-order valence-corrected chi connectivity index (χ3v) is 7.21. The number of hydrogen-bond acceptors (Lipinski definition) is 5. The first-order chi connectivity index (χ1) is 17.3. The van der Waals surface area contributed by atoms with E-state index in [2.05, 4.69) is 16.7 Å². The van der Waals surface area contributed by atoms with E-state index in [9.17, 15) is 9.59 Å². The standard InChI is InChI=1S/C29H35N3O4/c1-28(2,3)36-27(32-19-33)29(13-4-5-14-29)23-9-7-21(8-10-23)26(34)31-15-12-22-18-35-25-11-6-20(17-30)16-24(22)25/h6-11,16,19,22,27H,4-5,12-15,18H2,1-3H3,(H,31,34)(H,32,33). The van der Waals surface area contributed by atoms with Gasteiger partial charge in [-0.3, -0.25) is 9.59 Å². The van der Waals surface area contributed by atoms with Crippen LogP contribution in [0.3, 0.4) is 0 Å². The Bertz CT molecular complexity index is 1120. The van der Waals surface area contributed by atoms with Crippen molar-refractivity contribution < 1.29 is 19.1 Å². The zero-order valence-corrected chi connectivity index (χ0v) is 21.3. The van der Waals surface area contributed by atoms with Crippen LogP contribution in [0.4, 0.5) is 0 Å². The van der Waals surface area contributed by atoms with Gasteiger partial charge in [-0.1, -0.05) is 25.0 Å². The molecule has 2 aromatic carbocycles. The Hall–Kier alpha value is -3.37. The molecule has 2 amide bonds. The van der Waals surface area contributed by atoms with Crippen LogP contribution in [0.2, 0.25) is 0 Å². The summed E-state index contributed by atoms with van der Waals surface area (Å²) in [7, 11) is 0. The molecule has 2 aliphatic rings. The number of nitrogens with zero attached hydrogens (tertiary/aromatic N) is 1. The molecule has 1 aliphatic carbocycles. The van der Waals surface area contributed by atoms with Crippen LogP contribution in [-0.2, 0) is 14.9 Å². The number of fused-ring (bicyclic) bond motifs is 1. The van der Waals surface area contributed by atoms with Crippen LogP contribution in [0.25, 0.3) is 0 Å². The molecule has 7 heteroatoms. The molecule has 0 bridgehead atoms. The van der Waals surface area contributed by atoms with E-state index in [4.69, 9.17) is 14.7 Å². The summed E-state index contributed by atoms with van der Waals surface area (Å²) in [4.78, 5) is 24.2. The van der Waals surface area contributed by atoms with Gasteiger partial charge < -0.3 is 20.1 Å². The second-order valence-electron chi connectivity index (χ2n) is 10.8. The third-order valence-electron chi connectivity index (χ3n) is 7.21. The van der Waals surface area contributed by atoms with Gasteiger partial charge in [0.05, 0.1) is 23.8 Å². The number of amides is 2. The van der Waals surface area contributed by atoms with Gasteiger partial charge >= 0.3 is 0 Å². The molecule has 2 atom stereocenters. The number of rotatable bonds is 9. The molecule has 0 saturated heterocycles. The summed E-state index contributed by atoms with van der Waals surface area (Å²) < 4.78 is 12.0. The molecule has 2 N–H and O–H groups in total. The van der Waals surface area contributed by atoms with Crippen molar-refractivity contribution in [1.82, 2.24) is 10.6 Å². The zero-order valence-electron chi connectivity index (χ0n) is 21.3. The predicted octanol–water partition coefficient (Wildman–Crippen LogP) is 4.55. The first kappa shape index (κ1) is 25.7. The Morgan fingerprint density at radius 3 is 2.58 bits per heavy atom. The first-order valence-corrected chi connectivity index (χ1v) is 12.7. The molecule has 1 fully saturated rings. The van der Waals surface area contributed by atoms with E-state index in [1.807, 2.05) is 57.2 Å². The lowest BCUT2D eigenvalue weighted by Gasteiger charge is -2.41. The Balaban J connectivity index is 1.40. The van der Waals surface area contributed by atoms with Gasteiger partial charge in [0.1, 0.15) is 12.0 Å². The minimum Gasteiger partial charge on any atom is -0.493 e. The molecule has 1 heterocycles. The topological polar surface area (TPSA) is 100 Å². The fourth-order valence-corrected chi connectivity index (χ4v) is 5.43. The van der Waals surface area contributed by atoms with Crippen molar-refractivity contribution in [3.63, 3.8) is 0 Å². The smallest absolute Gasteiger partial charge is 0.251 e. The van der Waals surface area contributed by atoms with Gasteiger partial charge in [0, 0.05) is 29.0 Å². The van der Waals surface area contributed by atoms with Crippen molar-refractivity contribution in [1.29, 1.82) is 5.26 Å². The number of nitrogens with one attached hydrogen (secondary N) is 2. The van der Waals surface area contributed by atoms with E-state index in [0.29, 0.717) is 30.7 Å². The number of ether oxygens (including phenoxy) is 2. The van der Waals surface area contributed by atoms with Crippen LogP contribution in [0.1, 0.15) is 85.8 Å². The van der Waals surface area contributed by atoms with E-state index >= 15 is 0 Å². The van der Waals surface area contributed by atoms with Crippen molar-refractivity contribution in [3.05, 3.63) is 64.7 Å². The number of carbonyl (C=O) groups excluding carboxylic acids is 2. The molecule has 2 aromatic rings. The van der Waals surface area contributed by atoms with Crippen molar-refractivity contribution in [3.8, 4) is 11.8 Å². The van der Waals surface area contributed by atoms with Gasteiger partial charge in [-0.15, -0.1) is 0 Å². The van der Waals surface area contributed by atoms with Crippen LogP contribution in [0.15, 0.2) is 42.5 Å². The van der Waals surface area contributed by atoms with Crippen molar-refractivity contribution in [2.75, 3.05) is 13.2 Å². The largest absolute Gasteiger partial charge is 0.493 e. The average molecular weight is 490 g/mol. The fraction of sp³-hybridized carbons (Fsp3) is 0.483. The lowest BCUT2D eigenvalue weighted by molar-refractivity contribution is -0.130. The highest BCUT2D eigenvalue weighted by molar-refractivity contribution is 5.94. The molecule has 36 heavy (non-hydrogen) atoms. The number of carbonyl (C=O) groups is 2. The van der Waals surface area contributed by atoms with Gasteiger partial charge in [-0.05, 0) is 75.9 Å². The molecule has 7 nitrogen and oxygen atoms in total. The Kier molecular flexibility index (Phi) is 7.65. The van der Waals surface area contributed by atoms with Gasteiger partial charge in [-0.25, -0.2) is 0 Å². The van der Waals surface area contributed by atoms with Crippen molar-refractivity contribution in [2.24, 2.45) is 0 Å². The molecule has 0 radical (unpaired) electrons. The average Bonchev–Trinajstić information content (AvgIpc) is 3.51. The van der Waals surface area contributed by atoms with Crippen LogP contribution in [0.5, 0.6) is 5.75 Å². The van der Waals surface area contributed by atoms with E-state index in [1.54, 1.807) is 6.07 Å². The molecule has 0 spiro atoms. The maximum absolute atomic E-state index is 12.8. The molecular weight excluding hydrogens is 454 g/mol. The van der Waals surface area contributed by atoms with Crippen LogP contribution in [-0.4, -0.2) is 37.3 Å². The minimum atomic E-state index is -0.435. The number of benzene rings is 2. The Morgan fingerprint density at radius 2 is 1.94 bits per heavy atom. The maximum atomic E-state index is 12.8. The van der Waals surface area contributed by atoms with E-state index < -0.39 is 11.8 Å². The quantitative estimate of drug-likeness (QED) is 0.397. The molecule has 190 valence electrons. The monoisotopic (exact) mass is 489 g/mol. The molecule has 0 aromatic heterocycles. The minimum absolute atomic E-state index is 0.125. The predicted molar refractivity (Wildman–Crippen MR) is 137 cm³/mol. The Morgan fingerprint density at radius 1 is 1.22 bits per heavy atom. The van der Waals surface area contributed by atoms with Gasteiger partial charge in [-0.2, -0.15) is 5.26 Å². The molecule has 1 aliphatic heterocycles. The van der Waals surface area contributed by atoms with Gasteiger partial charge in [0.15, 0.2) is 0 Å². The van der Waals surface area contributed by atoms with E-state index in [0.717, 1.165) is 49.0 Å². The summed E-state index contributed by atoms with van der Waals surface area (Å²) in [5.74, 6) is 0.850. The lowest BCUT2D eigenvalue weighted by Crippen LogP contribution is -2.51. The molecular formula is C29H35N3O4. The number of hydrogen-bond donors (Lipinski definition) is 2. The van der Waals surface area contributed by atoms with Crippen LogP contribution >= 0.6 is 0 Å². The highest BCUT2D eigenvalue weighted by atomic mass is 16.5. The van der Waals surface area contributed by atoms with Crippen LogP contribution < -0.4 is 15.4 Å². The third kappa shape index (κ3) is 5.55. The van der Waals surface area contributed by atoms with Crippen LogP contribution in [0, 0.1) is 11.3 Å². The Labute approximate surface area is 213 Å². The molecule has 2 unspecified atom stereocenters. The highest BCUT2D eigenvalue weighted by Gasteiger charge is 2.45. The fourth-order valence-electron chi connectivity index (χ4n) is 5.43. The van der Waals surface area contributed by atoms with Crippen molar-refractivity contribution in [2.45, 2.75) is 76.0 Å². The normalized spacial score (nSPS) is 19.0. The van der Waals surface area contributed by atoms with Gasteiger partial charge in [0.2, 0.25) is 6.41 Å².